The summed E-state index contributed by atoms with van der Waals surface area (Å²) in [4.78, 5) is 12.0. The molecule has 0 saturated carbocycles. The van der Waals surface area contributed by atoms with Crippen LogP contribution in [0, 0.1) is 12.7 Å². The molecule has 2 aromatic rings. The normalized spacial score (nSPS) is 13.3. The Morgan fingerprint density at radius 2 is 1.97 bits per heavy atom. The molecule has 2 rings (SSSR count). The summed E-state index contributed by atoms with van der Waals surface area (Å²) in [6, 6.07) is 3.57. The molecule has 1 heterocycles. The fourth-order valence-electron chi connectivity index (χ4n) is 2.40. The van der Waals surface area contributed by atoms with Gasteiger partial charge in [0.2, 0.25) is 0 Å². The zero-order chi connectivity index (χ0) is 21.6. The van der Waals surface area contributed by atoms with Crippen molar-refractivity contribution in [2.75, 3.05) is 26.1 Å². The van der Waals surface area contributed by atoms with E-state index in [0.29, 0.717) is 11.3 Å². The highest BCUT2D eigenvalue weighted by Gasteiger charge is 2.18. The van der Waals surface area contributed by atoms with Gasteiger partial charge >= 0.3 is 0 Å². The lowest BCUT2D eigenvalue weighted by Crippen LogP contribution is -2.13. The summed E-state index contributed by atoms with van der Waals surface area (Å²) in [5.74, 6) is -5.33. The summed E-state index contributed by atoms with van der Waals surface area (Å²) in [5, 5.41) is 0. The van der Waals surface area contributed by atoms with E-state index in [4.69, 9.17) is 10.5 Å². The van der Waals surface area contributed by atoms with E-state index in [1.54, 1.807) is 6.92 Å². The molecule has 0 unspecified atom stereocenters. The van der Waals surface area contributed by atoms with E-state index in [1.807, 2.05) is 0 Å². The van der Waals surface area contributed by atoms with Crippen molar-refractivity contribution in [3.05, 3.63) is 70.7 Å². The van der Waals surface area contributed by atoms with Crippen molar-refractivity contribution in [2.45, 2.75) is 6.92 Å². The van der Waals surface area contributed by atoms with Gasteiger partial charge in [-0.1, -0.05) is 0 Å². The van der Waals surface area contributed by atoms with Gasteiger partial charge in [-0.3, -0.25) is 4.99 Å². The van der Waals surface area contributed by atoms with Gasteiger partial charge in [-0.2, -0.15) is 0 Å². The zero-order valence-electron chi connectivity index (χ0n) is 15.5. The molecule has 1 aromatic heterocycles. The third-order valence-corrected chi connectivity index (χ3v) is 3.76. The number of ether oxygens (including phenoxy) is 1. The van der Waals surface area contributed by atoms with Crippen LogP contribution < -0.4 is 10.5 Å². The molecular weight excluding hydrogens is 395 g/mol. The third-order valence-electron chi connectivity index (χ3n) is 3.76. The lowest BCUT2D eigenvalue weighted by Gasteiger charge is -2.13. The van der Waals surface area contributed by atoms with E-state index in [9.17, 15) is 22.0 Å². The molecule has 0 fully saturated rings. The molecule has 0 radical (unpaired) electrons. The van der Waals surface area contributed by atoms with Crippen molar-refractivity contribution in [2.24, 2.45) is 4.99 Å². The maximum atomic E-state index is 14.6. The van der Waals surface area contributed by atoms with Crippen molar-refractivity contribution in [3.8, 4) is 5.75 Å². The first-order valence-corrected chi connectivity index (χ1v) is 8.21. The highest BCUT2D eigenvalue weighted by Crippen LogP contribution is 2.24. The average Bonchev–Trinajstić information content (AvgIpc) is 2.69. The van der Waals surface area contributed by atoms with Crippen molar-refractivity contribution < 1.29 is 26.7 Å². The Balaban J connectivity index is 2.26. The number of benzene rings is 1. The fraction of sp³-hybridized carbons (Fsp3) is 0.211. The van der Waals surface area contributed by atoms with Gasteiger partial charge in [0.25, 0.3) is 0 Å². The number of aryl methyl sites for hydroxylation is 1. The average molecular weight is 412 g/mol. The van der Waals surface area contributed by atoms with Crippen LogP contribution in [0.25, 0.3) is 0 Å². The summed E-state index contributed by atoms with van der Waals surface area (Å²) < 4.78 is 71.0. The van der Waals surface area contributed by atoms with Crippen molar-refractivity contribution in [1.82, 2.24) is 9.97 Å². The van der Waals surface area contributed by atoms with E-state index >= 15 is 0 Å². The molecule has 154 valence electrons. The molecule has 5 nitrogen and oxygen atoms in total. The summed E-state index contributed by atoms with van der Waals surface area (Å²) in [6.45, 7) is -0.836. The SMILES string of the molecule is CN=C(c1ccc(OC/C(F)=C(F)\C=C(\F)CF)cc1F)c1c(C)ncnc1N. The van der Waals surface area contributed by atoms with Gasteiger partial charge in [-0.25, -0.2) is 31.9 Å². The largest absolute Gasteiger partial charge is 0.486 e. The van der Waals surface area contributed by atoms with Crippen LogP contribution in [0.15, 0.2) is 53.1 Å². The second-order valence-electron chi connectivity index (χ2n) is 5.70. The van der Waals surface area contributed by atoms with Crippen LogP contribution in [0.2, 0.25) is 0 Å². The number of hydrogen-bond donors (Lipinski definition) is 1. The number of aromatic nitrogens is 2. The van der Waals surface area contributed by atoms with Gasteiger partial charge in [0, 0.05) is 24.8 Å². The Labute approximate surface area is 163 Å². The first kappa shape index (κ1) is 22.0. The molecule has 0 aliphatic rings. The molecule has 0 amide bonds. The van der Waals surface area contributed by atoms with Crippen LogP contribution in [-0.2, 0) is 0 Å². The summed E-state index contributed by atoms with van der Waals surface area (Å²) >= 11 is 0. The first-order valence-electron chi connectivity index (χ1n) is 8.21. The van der Waals surface area contributed by atoms with Crippen LogP contribution in [0.4, 0.5) is 27.8 Å². The quantitative estimate of drug-likeness (QED) is 0.418. The van der Waals surface area contributed by atoms with Crippen molar-refractivity contribution >= 4 is 11.5 Å². The number of halogens is 5. The number of nitrogen functional groups attached to an aromatic ring is 1. The van der Waals surface area contributed by atoms with E-state index in [1.165, 1.54) is 25.5 Å². The molecule has 0 bridgehead atoms. The van der Waals surface area contributed by atoms with Gasteiger partial charge in [0.1, 0.15) is 42.8 Å². The maximum absolute atomic E-state index is 14.6. The molecule has 0 spiro atoms. The van der Waals surface area contributed by atoms with E-state index in [-0.39, 0.29) is 28.9 Å². The summed E-state index contributed by atoms with van der Waals surface area (Å²) in [6.07, 6.45) is 1.34. The molecule has 10 heteroatoms. The maximum Gasteiger partial charge on any atom is 0.173 e. The molecule has 0 saturated heterocycles. The number of nitrogens with two attached hydrogens (primary N) is 1. The summed E-state index contributed by atoms with van der Waals surface area (Å²) in [7, 11) is 1.44. The predicted octanol–water partition coefficient (Wildman–Crippen LogP) is 4.33. The molecule has 0 aliphatic carbocycles. The zero-order valence-corrected chi connectivity index (χ0v) is 15.5. The van der Waals surface area contributed by atoms with Gasteiger partial charge in [-0.15, -0.1) is 0 Å². The standard InChI is InChI=1S/C19H17F5N4O/c1-10-17(19(25)28-9-27-10)18(26-2)13-4-3-12(6-14(13)22)29-8-16(24)15(23)5-11(21)7-20/h3-6,9H,7-8H2,1-2H3,(H2,25,27,28)/b11-5+,16-15-,26-18?. The third kappa shape index (κ3) is 5.37. The van der Waals surface area contributed by atoms with Crippen LogP contribution >= 0.6 is 0 Å². The van der Waals surface area contributed by atoms with Gasteiger partial charge < -0.3 is 10.5 Å². The van der Waals surface area contributed by atoms with Crippen LogP contribution in [0.1, 0.15) is 16.8 Å². The van der Waals surface area contributed by atoms with Gasteiger partial charge in [0.05, 0.1) is 17.0 Å². The number of anilines is 1. The molecule has 2 N–H and O–H groups in total. The van der Waals surface area contributed by atoms with E-state index in [0.717, 1.165) is 6.07 Å². The Kier molecular flexibility index (Phi) is 7.40. The predicted molar refractivity (Wildman–Crippen MR) is 99.0 cm³/mol. The smallest absolute Gasteiger partial charge is 0.173 e. The van der Waals surface area contributed by atoms with Crippen LogP contribution in [-0.4, -0.2) is 36.0 Å². The minimum atomic E-state index is -1.62. The Morgan fingerprint density at radius 3 is 2.55 bits per heavy atom. The van der Waals surface area contributed by atoms with E-state index in [2.05, 4.69) is 15.0 Å². The summed E-state index contributed by atoms with van der Waals surface area (Å²) in [5.41, 5.74) is 6.98. The second-order valence-corrected chi connectivity index (χ2v) is 5.70. The minimum Gasteiger partial charge on any atom is -0.486 e. The molecule has 29 heavy (non-hydrogen) atoms. The van der Waals surface area contributed by atoms with Crippen LogP contribution in [0.3, 0.4) is 0 Å². The lowest BCUT2D eigenvalue weighted by molar-refractivity contribution is 0.309. The number of aliphatic imine (C=N–C) groups is 1. The highest BCUT2D eigenvalue weighted by molar-refractivity contribution is 6.16. The fourth-order valence-corrected chi connectivity index (χ4v) is 2.40. The Bertz CT molecular complexity index is 968. The minimum absolute atomic E-state index is 0.0691. The number of rotatable bonds is 7. The lowest BCUT2D eigenvalue weighted by atomic mass is 10.0. The monoisotopic (exact) mass is 412 g/mol. The molecule has 0 aliphatic heterocycles. The van der Waals surface area contributed by atoms with Crippen LogP contribution in [0.5, 0.6) is 5.75 Å². The number of alkyl halides is 1. The van der Waals surface area contributed by atoms with Crippen molar-refractivity contribution in [3.63, 3.8) is 0 Å². The highest BCUT2D eigenvalue weighted by atomic mass is 19.2. The van der Waals surface area contributed by atoms with Crippen molar-refractivity contribution in [1.29, 1.82) is 0 Å². The Hall–Kier alpha value is -3.30. The molecular formula is C19H17F5N4O. The number of nitrogens with zero attached hydrogens (tertiary/aromatic N) is 3. The topological polar surface area (TPSA) is 73.4 Å². The molecule has 0 atom stereocenters. The number of hydrogen-bond acceptors (Lipinski definition) is 5. The number of allylic oxidation sites excluding steroid dienone is 3. The second kappa shape index (κ2) is 9.76. The Morgan fingerprint density at radius 1 is 1.24 bits per heavy atom. The van der Waals surface area contributed by atoms with Gasteiger partial charge in [-0.05, 0) is 19.1 Å². The van der Waals surface area contributed by atoms with Gasteiger partial charge in [0.15, 0.2) is 11.7 Å². The first-order chi connectivity index (χ1) is 13.8. The molecule has 1 aromatic carbocycles. The van der Waals surface area contributed by atoms with E-state index < -0.39 is 36.6 Å².